The summed E-state index contributed by atoms with van der Waals surface area (Å²) in [5.41, 5.74) is -2.20. The fraction of sp³-hybridized carbons (Fsp3) is 0.628. The number of ketones is 2. The molecule has 15 nitrogen and oxygen atoms in total. The molecule has 3 aliphatic heterocycles. The minimum Gasteiger partial charge on any atom is -0.458 e. The van der Waals surface area contributed by atoms with Gasteiger partial charge in [0.15, 0.2) is 17.7 Å². The third-order valence-corrected chi connectivity index (χ3v) is 12.1. The minimum absolute atomic E-state index is 0.193. The van der Waals surface area contributed by atoms with Crippen LogP contribution in [0.4, 0.5) is 14.0 Å². The summed E-state index contributed by atoms with van der Waals surface area (Å²) >= 11 is 0. The summed E-state index contributed by atoms with van der Waals surface area (Å²) in [6.45, 7) is 11.8. The molecule has 0 bridgehead atoms. The highest BCUT2D eigenvalue weighted by molar-refractivity contribution is 6.00. The summed E-state index contributed by atoms with van der Waals surface area (Å²) in [5.74, 6) is -7.30. The number of halogens is 1. The van der Waals surface area contributed by atoms with Gasteiger partial charge in [-0.25, -0.2) is 14.0 Å². The molecular formula is C43H58FN3O12. The number of likely N-dealkylation sites (N-methyl/N-ethyl adjacent to an activating group) is 1. The van der Waals surface area contributed by atoms with Crippen molar-refractivity contribution >= 4 is 46.8 Å². The number of pyridine rings is 1. The molecule has 1 aromatic carbocycles. The number of aliphatic hydroxyl groups is 1. The first-order chi connectivity index (χ1) is 27.7. The number of carbonyl (C=O) groups is 5. The fourth-order valence-electron chi connectivity index (χ4n) is 8.84. The smallest absolute Gasteiger partial charge is 0.458 e. The summed E-state index contributed by atoms with van der Waals surface area (Å²) in [4.78, 5) is 75.1. The zero-order valence-corrected chi connectivity index (χ0v) is 35.4. The van der Waals surface area contributed by atoms with Gasteiger partial charge in [0.25, 0.3) is 0 Å². The van der Waals surface area contributed by atoms with Crippen molar-refractivity contribution in [2.24, 2.45) is 23.7 Å². The number of carbonyl (C=O) groups excluding carboxylic acids is 5. The van der Waals surface area contributed by atoms with Crippen LogP contribution in [0.15, 0.2) is 42.4 Å². The lowest BCUT2D eigenvalue weighted by molar-refractivity contribution is -0.293. The second-order valence-corrected chi connectivity index (χ2v) is 16.9. The number of cyclic esters (lactones) is 1. The predicted octanol–water partition coefficient (Wildman–Crippen LogP) is 5.54. The molecule has 0 aliphatic carbocycles. The van der Waals surface area contributed by atoms with Gasteiger partial charge in [0, 0.05) is 35.4 Å². The van der Waals surface area contributed by atoms with E-state index < -0.39 is 114 Å². The monoisotopic (exact) mass is 827 g/mol. The van der Waals surface area contributed by atoms with Crippen LogP contribution >= 0.6 is 0 Å². The lowest BCUT2D eigenvalue weighted by Gasteiger charge is -2.46. The van der Waals surface area contributed by atoms with Crippen molar-refractivity contribution in [2.75, 3.05) is 20.7 Å². The largest absolute Gasteiger partial charge is 0.509 e. The Kier molecular flexibility index (Phi) is 14.2. The summed E-state index contributed by atoms with van der Waals surface area (Å²) in [7, 11) is 3.58. The number of hydrogen-bond acceptors (Lipinski definition) is 14. The van der Waals surface area contributed by atoms with Gasteiger partial charge in [-0.15, -0.1) is 0 Å². The molecule has 0 radical (unpaired) electrons. The topological polar surface area (TPSA) is 189 Å². The Morgan fingerprint density at radius 1 is 1.07 bits per heavy atom. The van der Waals surface area contributed by atoms with E-state index in [1.54, 1.807) is 79.2 Å². The number of rotatable bonds is 8. The highest BCUT2D eigenvalue weighted by Crippen LogP contribution is 2.40. The Labute approximate surface area is 344 Å². The quantitative estimate of drug-likeness (QED) is 0.192. The van der Waals surface area contributed by atoms with Crippen LogP contribution in [0.2, 0.25) is 0 Å². The molecular weight excluding hydrogens is 769 g/mol. The summed E-state index contributed by atoms with van der Waals surface area (Å²) in [5, 5.41) is 15.0. The number of amides is 1. The molecule has 59 heavy (non-hydrogen) atoms. The minimum atomic E-state index is -1.93. The number of nitrogens with zero attached hydrogens (tertiary/aromatic N) is 2. The van der Waals surface area contributed by atoms with Crippen molar-refractivity contribution in [1.29, 1.82) is 0 Å². The van der Waals surface area contributed by atoms with Gasteiger partial charge < -0.3 is 43.7 Å². The summed E-state index contributed by atoms with van der Waals surface area (Å²) < 4.78 is 50.8. The average Bonchev–Trinajstić information content (AvgIpc) is 3.50. The number of ether oxygens (including phenoxy) is 6. The van der Waals surface area contributed by atoms with Gasteiger partial charge in [0.1, 0.15) is 48.0 Å². The van der Waals surface area contributed by atoms with Crippen molar-refractivity contribution in [1.82, 2.24) is 15.2 Å². The van der Waals surface area contributed by atoms with Gasteiger partial charge in [-0.2, -0.15) is 0 Å². The molecule has 5 rings (SSSR count). The van der Waals surface area contributed by atoms with E-state index in [-0.39, 0.29) is 18.6 Å². The molecule has 3 aliphatic rings. The molecule has 2 aromatic rings. The van der Waals surface area contributed by atoms with Crippen LogP contribution in [0.1, 0.15) is 80.2 Å². The lowest BCUT2D eigenvalue weighted by Crippen LogP contribution is -2.60. The normalized spacial score (nSPS) is 36.3. The first-order valence-corrected chi connectivity index (χ1v) is 20.2. The van der Waals surface area contributed by atoms with Gasteiger partial charge in [0.2, 0.25) is 0 Å². The first-order valence-electron chi connectivity index (χ1n) is 20.2. The van der Waals surface area contributed by atoms with Crippen LogP contribution in [0.3, 0.4) is 0 Å². The molecule has 1 amide bonds. The number of esters is 1. The zero-order valence-electron chi connectivity index (χ0n) is 35.4. The standard InChI is InChI=1S/C43H58FN3O12/c1-11-32-43(8)36(46-40(52)58-43)24(4)33(48)22(2)20-42(7,59-41(53)54-21-29(44)19-27-14-15-30-28(18-27)13-12-16-45-30)37(25(5)34(49)26(6)38(51)56-32)57-39-35(50)31(47(9)10)17-23(3)55-39/h12-16,18-19,22-26,31-32,35-37,39,50H,11,17,20-21H2,1-10H3,(H,46,52)/t22-,23-,24+,25+,26-,31+,32-,35-,36-,37-,39+,42-,43-/m1/s1. The first kappa shape index (κ1) is 45.6. The molecule has 1 aromatic heterocycles. The van der Waals surface area contributed by atoms with Crippen LogP contribution in [-0.4, -0.2) is 119 Å². The maximum atomic E-state index is 15.3. The Hall–Kier alpha value is -4.51. The Morgan fingerprint density at radius 3 is 2.46 bits per heavy atom. The van der Waals surface area contributed by atoms with Gasteiger partial charge in [-0.05, 0) is 90.9 Å². The van der Waals surface area contributed by atoms with E-state index in [1.165, 1.54) is 26.8 Å². The van der Waals surface area contributed by atoms with Crippen molar-refractivity contribution < 1.29 is 61.9 Å². The van der Waals surface area contributed by atoms with E-state index in [9.17, 15) is 29.1 Å². The van der Waals surface area contributed by atoms with Gasteiger partial charge in [-0.3, -0.25) is 19.4 Å². The number of aliphatic hydroxyl groups excluding tert-OH is 1. The molecule has 16 heteroatoms. The van der Waals surface area contributed by atoms with Gasteiger partial charge >= 0.3 is 18.2 Å². The van der Waals surface area contributed by atoms with Crippen molar-refractivity contribution in [2.45, 2.75) is 129 Å². The van der Waals surface area contributed by atoms with E-state index in [0.29, 0.717) is 12.0 Å². The predicted molar refractivity (Wildman–Crippen MR) is 212 cm³/mol. The molecule has 0 saturated carbocycles. The SMILES string of the molecule is CC[C@H]1OC(=O)[C@H](C)C(=O)[C@H](C)[C@@H](O[C@@H]2O[C@H](C)C[C@H](N(C)C)[C@H]2O)[C@](C)(OC(=O)OCC(F)=Cc2ccc3ncccc3c2)C[C@@H](C)C(=O)[C@H](C)[C@H]2NC(=O)O[C@@]21C. The molecule has 3 fully saturated rings. The van der Waals surface area contributed by atoms with Crippen LogP contribution in [0, 0.1) is 23.7 Å². The maximum absolute atomic E-state index is 15.3. The number of benzene rings is 1. The number of aromatic nitrogens is 1. The Balaban J connectivity index is 1.53. The third kappa shape index (κ3) is 9.93. The molecule has 3 saturated heterocycles. The van der Waals surface area contributed by atoms with E-state index >= 15 is 4.39 Å². The molecule has 324 valence electrons. The molecule has 2 N–H and O–H groups in total. The Morgan fingerprint density at radius 2 is 1.78 bits per heavy atom. The second-order valence-electron chi connectivity index (χ2n) is 16.9. The van der Waals surface area contributed by atoms with Gasteiger partial charge in [0.05, 0.1) is 17.7 Å². The zero-order chi connectivity index (χ0) is 43.6. The number of Topliss-reactive ketones (excluding diaryl/α,β-unsaturated/α-hetero) is 2. The molecule has 13 atom stereocenters. The summed E-state index contributed by atoms with van der Waals surface area (Å²) in [6.07, 6.45) is -4.45. The molecule has 0 spiro atoms. The lowest BCUT2D eigenvalue weighted by atomic mass is 9.73. The van der Waals surface area contributed by atoms with Crippen LogP contribution in [0.5, 0.6) is 0 Å². The summed E-state index contributed by atoms with van der Waals surface area (Å²) in [6, 6.07) is 7.32. The fourth-order valence-corrected chi connectivity index (χ4v) is 8.84. The van der Waals surface area contributed by atoms with E-state index in [1.807, 2.05) is 11.0 Å². The number of nitrogens with one attached hydrogen (secondary N) is 1. The number of fused-ring (bicyclic) bond motifs is 2. The highest BCUT2D eigenvalue weighted by atomic mass is 19.1. The Bertz CT molecular complexity index is 1930. The third-order valence-electron chi connectivity index (χ3n) is 12.1. The van der Waals surface area contributed by atoms with Crippen molar-refractivity contribution in [3.8, 4) is 0 Å². The van der Waals surface area contributed by atoms with E-state index in [0.717, 1.165) is 10.9 Å². The second kappa shape index (κ2) is 18.4. The molecule has 0 unspecified atom stereocenters. The van der Waals surface area contributed by atoms with Gasteiger partial charge in [-0.1, -0.05) is 39.8 Å². The van der Waals surface area contributed by atoms with Crippen LogP contribution in [-0.2, 0) is 42.8 Å². The van der Waals surface area contributed by atoms with Crippen molar-refractivity contribution in [3.63, 3.8) is 0 Å². The highest BCUT2D eigenvalue weighted by Gasteiger charge is 2.57. The van der Waals surface area contributed by atoms with Crippen LogP contribution in [0.25, 0.3) is 17.0 Å². The maximum Gasteiger partial charge on any atom is 0.509 e. The van der Waals surface area contributed by atoms with Crippen LogP contribution < -0.4 is 5.32 Å². The van der Waals surface area contributed by atoms with E-state index in [2.05, 4.69) is 10.3 Å². The van der Waals surface area contributed by atoms with Crippen molar-refractivity contribution in [3.05, 3.63) is 47.9 Å². The average molecular weight is 828 g/mol. The van der Waals surface area contributed by atoms with E-state index in [4.69, 9.17) is 28.4 Å². The number of alkyl carbamates (subject to hydrolysis) is 1. The number of hydrogen-bond donors (Lipinski definition) is 2. The molecule has 4 heterocycles.